The fourth-order valence-electron chi connectivity index (χ4n) is 2.44. The number of aliphatic imine (C=N–C) groups is 1. The van der Waals surface area contributed by atoms with Gasteiger partial charge in [0.1, 0.15) is 11.5 Å². The van der Waals surface area contributed by atoms with Crippen molar-refractivity contribution in [3.8, 4) is 22.6 Å². The number of guanidine groups is 1. The van der Waals surface area contributed by atoms with Crippen LogP contribution < -0.4 is 11.1 Å². The van der Waals surface area contributed by atoms with Gasteiger partial charge in [-0.05, 0) is 37.6 Å². The molecule has 2 aromatic carbocycles. The quantitative estimate of drug-likeness (QED) is 0.592. The Kier molecular flexibility index (Phi) is 2.57. The number of hydrogen-bond acceptors (Lipinski definition) is 5. The van der Waals surface area contributed by atoms with Crippen LogP contribution in [-0.2, 0) is 0 Å². The molecule has 1 heterocycles. The summed E-state index contributed by atoms with van der Waals surface area (Å²) >= 11 is 0. The predicted molar refractivity (Wildman–Crippen MR) is 79.6 cm³/mol. The molecule has 5 N–H and O–H groups in total. The van der Waals surface area contributed by atoms with Gasteiger partial charge in [0.15, 0.2) is 5.96 Å². The van der Waals surface area contributed by atoms with Gasteiger partial charge in [0, 0.05) is 11.1 Å². The van der Waals surface area contributed by atoms with Crippen molar-refractivity contribution in [2.45, 2.75) is 13.8 Å². The summed E-state index contributed by atoms with van der Waals surface area (Å²) in [5.41, 5.74) is 10.1. The molecule has 1 aliphatic rings. The molecule has 5 nitrogen and oxygen atoms in total. The molecule has 20 heavy (non-hydrogen) atoms. The van der Waals surface area contributed by atoms with Gasteiger partial charge in [-0.2, -0.15) is 0 Å². The molecular weight excluding hydrogens is 254 g/mol. The molecule has 0 saturated carbocycles. The maximum absolute atomic E-state index is 10.2. The zero-order valence-corrected chi connectivity index (χ0v) is 11.2. The van der Waals surface area contributed by atoms with Crippen molar-refractivity contribution < 1.29 is 10.2 Å². The molecular formula is C15H15N3O2. The molecule has 0 saturated heterocycles. The first-order valence-corrected chi connectivity index (χ1v) is 6.25. The van der Waals surface area contributed by atoms with E-state index >= 15 is 0 Å². The van der Waals surface area contributed by atoms with Crippen molar-refractivity contribution in [3.63, 3.8) is 0 Å². The minimum atomic E-state index is 0.136. The third kappa shape index (κ3) is 1.67. The highest BCUT2D eigenvalue weighted by Crippen LogP contribution is 2.46. The fourth-order valence-corrected chi connectivity index (χ4v) is 2.44. The number of rotatable bonds is 0. The van der Waals surface area contributed by atoms with Gasteiger partial charge in [0.05, 0.1) is 16.9 Å². The largest absolute Gasteiger partial charge is 0.508 e. The van der Waals surface area contributed by atoms with E-state index in [2.05, 4.69) is 10.3 Å². The summed E-state index contributed by atoms with van der Waals surface area (Å²) in [6, 6.07) is 6.78. The van der Waals surface area contributed by atoms with E-state index in [0.29, 0.717) is 22.5 Å². The number of nitrogens with two attached hydrogens (primary N) is 1. The average molecular weight is 269 g/mol. The van der Waals surface area contributed by atoms with Crippen LogP contribution in [-0.4, -0.2) is 16.2 Å². The second-order valence-electron chi connectivity index (χ2n) is 4.88. The van der Waals surface area contributed by atoms with Crippen molar-refractivity contribution in [2.75, 3.05) is 5.32 Å². The Labute approximate surface area is 116 Å². The lowest BCUT2D eigenvalue weighted by Crippen LogP contribution is -2.22. The first kappa shape index (κ1) is 12.3. The summed E-state index contributed by atoms with van der Waals surface area (Å²) < 4.78 is 0. The lowest BCUT2D eigenvalue weighted by molar-refractivity contribution is 0.471. The number of nitrogens with one attached hydrogen (secondary N) is 1. The Morgan fingerprint density at radius 3 is 2.50 bits per heavy atom. The molecule has 0 unspecified atom stereocenters. The Bertz CT molecular complexity index is 751. The maximum atomic E-state index is 10.2. The van der Waals surface area contributed by atoms with E-state index in [4.69, 9.17) is 5.73 Å². The number of aryl methyl sites for hydroxylation is 1. The van der Waals surface area contributed by atoms with Crippen LogP contribution in [0.25, 0.3) is 11.1 Å². The van der Waals surface area contributed by atoms with Gasteiger partial charge in [-0.25, -0.2) is 4.99 Å². The third-order valence-electron chi connectivity index (χ3n) is 3.55. The predicted octanol–water partition coefficient (Wildman–Crippen LogP) is 2.75. The van der Waals surface area contributed by atoms with Gasteiger partial charge in [-0.1, -0.05) is 6.07 Å². The van der Waals surface area contributed by atoms with Crippen LogP contribution in [0.4, 0.5) is 11.4 Å². The summed E-state index contributed by atoms with van der Waals surface area (Å²) in [7, 11) is 0. The van der Waals surface area contributed by atoms with Crippen LogP contribution in [0.5, 0.6) is 11.5 Å². The van der Waals surface area contributed by atoms with Crippen LogP contribution in [0.2, 0.25) is 0 Å². The highest BCUT2D eigenvalue weighted by molar-refractivity contribution is 6.05. The molecule has 0 bridgehead atoms. The van der Waals surface area contributed by atoms with Crippen LogP contribution in [0.15, 0.2) is 29.3 Å². The molecule has 0 radical (unpaired) electrons. The maximum Gasteiger partial charge on any atom is 0.198 e. The highest BCUT2D eigenvalue weighted by atomic mass is 16.3. The second kappa shape index (κ2) is 4.16. The van der Waals surface area contributed by atoms with Crippen molar-refractivity contribution in [1.82, 2.24) is 0 Å². The monoisotopic (exact) mass is 269 g/mol. The van der Waals surface area contributed by atoms with Gasteiger partial charge < -0.3 is 21.3 Å². The van der Waals surface area contributed by atoms with Gasteiger partial charge in [0.2, 0.25) is 0 Å². The molecule has 0 aromatic heterocycles. The van der Waals surface area contributed by atoms with Crippen molar-refractivity contribution in [3.05, 3.63) is 35.4 Å². The minimum Gasteiger partial charge on any atom is -0.508 e. The summed E-state index contributed by atoms with van der Waals surface area (Å²) in [6.45, 7) is 3.69. The molecule has 1 aliphatic heterocycles. The molecule has 0 spiro atoms. The van der Waals surface area contributed by atoms with Gasteiger partial charge in [-0.3, -0.25) is 0 Å². The number of fused-ring (bicyclic) bond motifs is 3. The number of phenolic OH excluding ortho intramolecular Hbond substituents is 2. The molecule has 3 rings (SSSR count). The lowest BCUT2D eigenvalue weighted by Gasteiger charge is -2.14. The van der Waals surface area contributed by atoms with Crippen LogP contribution >= 0.6 is 0 Å². The first-order valence-electron chi connectivity index (χ1n) is 6.25. The van der Waals surface area contributed by atoms with E-state index in [-0.39, 0.29) is 17.5 Å². The average Bonchev–Trinajstić information content (AvgIpc) is 2.56. The second-order valence-corrected chi connectivity index (χ2v) is 4.88. The van der Waals surface area contributed by atoms with Gasteiger partial charge in [0.25, 0.3) is 0 Å². The molecule has 5 heteroatoms. The first-order chi connectivity index (χ1) is 9.49. The zero-order chi connectivity index (χ0) is 14.4. The number of anilines is 1. The number of aromatic hydroxyl groups is 2. The third-order valence-corrected chi connectivity index (χ3v) is 3.55. The SMILES string of the molecule is Cc1ccc(O)c2c1N=C(N)Nc1c-2ccc(O)c1C. The van der Waals surface area contributed by atoms with Gasteiger partial charge in [-0.15, -0.1) is 0 Å². The number of benzene rings is 2. The van der Waals surface area contributed by atoms with Crippen LogP contribution in [0.1, 0.15) is 11.1 Å². The van der Waals surface area contributed by atoms with E-state index < -0.39 is 0 Å². The van der Waals surface area contributed by atoms with E-state index in [1.165, 1.54) is 0 Å². The molecule has 102 valence electrons. The van der Waals surface area contributed by atoms with Crippen LogP contribution in [0, 0.1) is 13.8 Å². The van der Waals surface area contributed by atoms with E-state index in [9.17, 15) is 10.2 Å². The molecule has 0 atom stereocenters. The molecule has 0 fully saturated rings. The lowest BCUT2D eigenvalue weighted by atomic mass is 9.96. The van der Waals surface area contributed by atoms with Crippen molar-refractivity contribution in [2.24, 2.45) is 10.7 Å². The highest BCUT2D eigenvalue weighted by Gasteiger charge is 2.22. The molecule has 0 aliphatic carbocycles. The molecule has 0 amide bonds. The fraction of sp³-hybridized carbons (Fsp3) is 0.133. The molecule has 2 aromatic rings. The summed E-state index contributed by atoms with van der Waals surface area (Å²) in [5, 5.41) is 23.0. The Morgan fingerprint density at radius 2 is 1.75 bits per heavy atom. The van der Waals surface area contributed by atoms with Crippen LogP contribution in [0.3, 0.4) is 0 Å². The van der Waals surface area contributed by atoms with E-state index in [1.54, 1.807) is 31.2 Å². The summed E-state index contributed by atoms with van der Waals surface area (Å²) in [4.78, 5) is 4.33. The topological polar surface area (TPSA) is 90.9 Å². The van der Waals surface area contributed by atoms with E-state index in [0.717, 1.165) is 11.1 Å². The Balaban J connectivity index is 2.45. The normalized spacial score (nSPS) is 12.8. The number of phenols is 2. The van der Waals surface area contributed by atoms with Crippen molar-refractivity contribution >= 4 is 17.3 Å². The number of nitrogens with zero attached hydrogens (tertiary/aromatic N) is 1. The smallest absolute Gasteiger partial charge is 0.198 e. The standard InChI is InChI=1S/C15H15N3O2/c1-7-3-5-11(20)12-9-4-6-10(19)8(2)14(9)18-15(16)17-13(7)12/h3-6,19-20H,1-2H3,(H3,16,17,18). The minimum absolute atomic E-state index is 0.136. The van der Waals surface area contributed by atoms with E-state index in [1.807, 2.05) is 6.92 Å². The van der Waals surface area contributed by atoms with Gasteiger partial charge >= 0.3 is 0 Å². The summed E-state index contributed by atoms with van der Waals surface area (Å²) in [6.07, 6.45) is 0. The number of hydrogen-bond donors (Lipinski definition) is 4. The Hall–Kier alpha value is -2.69. The summed E-state index contributed by atoms with van der Waals surface area (Å²) in [5.74, 6) is 0.532. The Morgan fingerprint density at radius 1 is 1.05 bits per heavy atom. The van der Waals surface area contributed by atoms with Crippen molar-refractivity contribution in [1.29, 1.82) is 0 Å². The zero-order valence-electron chi connectivity index (χ0n) is 11.2.